The van der Waals surface area contributed by atoms with Gasteiger partial charge in [0.05, 0.1) is 5.57 Å². The molecule has 0 saturated carbocycles. The number of carbonyl (C=O) groups is 1. The average Bonchev–Trinajstić information content (AvgIpc) is 3.05. The summed E-state index contributed by atoms with van der Waals surface area (Å²) >= 11 is 5.89. The second kappa shape index (κ2) is 7.52. The molecule has 4 heteroatoms. The van der Waals surface area contributed by atoms with Gasteiger partial charge in [-0.05, 0) is 66.2 Å². The zero-order chi connectivity index (χ0) is 18.6. The number of cyclic esters (lactones) is 1. The van der Waals surface area contributed by atoms with E-state index in [2.05, 4.69) is 0 Å². The molecule has 0 fully saturated rings. The van der Waals surface area contributed by atoms with Crippen LogP contribution in [0.1, 0.15) is 11.1 Å². The Morgan fingerprint density at radius 2 is 1.48 bits per heavy atom. The summed E-state index contributed by atoms with van der Waals surface area (Å²) in [5.74, 6) is 1.63. The number of hydrogen-bond acceptors (Lipinski definition) is 3. The Morgan fingerprint density at radius 3 is 2.19 bits per heavy atom. The van der Waals surface area contributed by atoms with Crippen molar-refractivity contribution in [3.8, 4) is 11.5 Å². The van der Waals surface area contributed by atoms with Crippen molar-refractivity contribution >= 4 is 29.4 Å². The van der Waals surface area contributed by atoms with Crippen molar-refractivity contribution in [2.45, 2.75) is 0 Å². The molecular weight excluding hydrogens is 360 g/mol. The van der Waals surface area contributed by atoms with Gasteiger partial charge in [-0.3, -0.25) is 0 Å². The van der Waals surface area contributed by atoms with E-state index in [0.29, 0.717) is 22.1 Å². The molecule has 0 radical (unpaired) electrons. The Hall–Kier alpha value is -3.30. The molecular formula is C23H15ClO3. The molecule has 1 aliphatic heterocycles. The van der Waals surface area contributed by atoms with Crippen LogP contribution in [-0.2, 0) is 9.53 Å². The number of hydrogen-bond donors (Lipinski definition) is 0. The number of halogens is 1. The predicted octanol–water partition coefficient (Wildman–Crippen LogP) is 6.11. The Morgan fingerprint density at radius 1 is 0.815 bits per heavy atom. The van der Waals surface area contributed by atoms with Crippen molar-refractivity contribution in [3.05, 3.63) is 107 Å². The van der Waals surface area contributed by atoms with Crippen molar-refractivity contribution in [1.29, 1.82) is 0 Å². The minimum atomic E-state index is -0.371. The summed E-state index contributed by atoms with van der Waals surface area (Å²) in [6.07, 6.45) is 3.52. The van der Waals surface area contributed by atoms with Gasteiger partial charge in [0.15, 0.2) is 0 Å². The molecule has 3 aromatic carbocycles. The maximum Gasteiger partial charge on any atom is 0.343 e. The summed E-state index contributed by atoms with van der Waals surface area (Å²) in [5.41, 5.74) is 2.19. The lowest BCUT2D eigenvalue weighted by molar-refractivity contribution is -0.130. The van der Waals surface area contributed by atoms with Crippen molar-refractivity contribution < 1.29 is 14.3 Å². The van der Waals surface area contributed by atoms with Crippen LogP contribution in [-0.4, -0.2) is 5.97 Å². The largest absolute Gasteiger partial charge is 0.457 e. The van der Waals surface area contributed by atoms with Crippen LogP contribution in [0, 0.1) is 0 Å². The zero-order valence-electron chi connectivity index (χ0n) is 14.3. The van der Waals surface area contributed by atoms with Gasteiger partial charge in [-0.15, -0.1) is 0 Å². The van der Waals surface area contributed by atoms with Gasteiger partial charge >= 0.3 is 5.97 Å². The first kappa shape index (κ1) is 17.1. The van der Waals surface area contributed by atoms with Crippen molar-refractivity contribution in [3.63, 3.8) is 0 Å². The highest BCUT2D eigenvalue weighted by Crippen LogP contribution is 2.29. The van der Waals surface area contributed by atoms with Crippen LogP contribution in [0.5, 0.6) is 11.5 Å². The van der Waals surface area contributed by atoms with Crippen LogP contribution >= 0.6 is 11.6 Å². The SMILES string of the molecule is O=C1OC(c2ccc(Oc3ccccc3)cc2)=CC1=Cc1ccc(Cl)cc1. The fraction of sp³-hybridized carbons (Fsp3) is 0. The van der Waals surface area contributed by atoms with Crippen LogP contribution < -0.4 is 4.74 Å². The highest BCUT2D eigenvalue weighted by molar-refractivity contribution is 6.30. The molecule has 1 heterocycles. The molecule has 0 atom stereocenters. The molecule has 27 heavy (non-hydrogen) atoms. The number of esters is 1. The van der Waals surface area contributed by atoms with E-state index in [1.165, 1.54) is 0 Å². The van der Waals surface area contributed by atoms with Gasteiger partial charge in [-0.1, -0.05) is 41.9 Å². The lowest BCUT2D eigenvalue weighted by atomic mass is 10.1. The van der Waals surface area contributed by atoms with E-state index in [0.717, 1.165) is 16.9 Å². The maximum atomic E-state index is 12.1. The fourth-order valence-electron chi connectivity index (χ4n) is 2.68. The first-order chi connectivity index (χ1) is 13.2. The van der Waals surface area contributed by atoms with Crippen molar-refractivity contribution in [2.75, 3.05) is 0 Å². The van der Waals surface area contributed by atoms with Gasteiger partial charge in [0.25, 0.3) is 0 Å². The predicted molar refractivity (Wildman–Crippen MR) is 106 cm³/mol. The molecule has 1 aliphatic rings. The van der Waals surface area contributed by atoms with Crippen LogP contribution in [0.3, 0.4) is 0 Å². The van der Waals surface area contributed by atoms with E-state index in [1.54, 1.807) is 24.3 Å². The second-order valence-electron chi connectivity index (χ2n) is 5.99. The van der Waals surface area contributed by atoms with Crippen LogP contribution in [0.25, 0.3) is 11.8 Å². The molecule has 0 N–H and O–H groups in total. The second-order valence-corrected chi connectivity index (χ2v) is 6.43. The van der Waals surface area contributed by atoms with Crippen LogP contribution in [0.2, 0.25) is 5.02 Å². The number of para-hydroxylation sites is 1. The van der Waals surface area contributed by atoms with Gasteiger partial charge in [-0.2, -0.15) is 0 Å². The maximum absolute atomic E-state index is 12.1. The van der Waals surface area contributed by atoms with E-state index in [9.17, 15) is 4.79 Å². The van der Waals surface area contributed by atoms with Gasteiger partial charge in [0.2, 0.25) is 0 Å². The summed E-state index contributed by atoms with van der Waals surface area (Å²) < 4.78 is 11.2. The molecule has 0 aliphatic carbocycles. The Kier molecular flexibility index (Phi) is 4.77. The third-order valence-electron chi connectivity index (χ3n) is 4.03. The molecule has 0 spiro atoms. The highest BCUT2D eigenvalue weighted by Gasteiger charge is 2.22. The smallest absolute Gasteiger partial charge is 0.343 e. The number of benzene rings is 3. The lowest BCUT2D eigenvalue weighted by Gasteiger charge is -2.06. The van der Waals surface area contributed by atoms with Crippen LogP contribution in [0.4, 0.5) is 0 Å². The van der Waals surface area contributed by atoms with Gasteiger partial charge in [-0.25, -0.2) is 4.79 Å². The lowest BCUT2D eigenvalue weighted by Crippen LogP contribution is -1.97. The van der Waals surface area contributed by atoms with Gasteiger partial charge in [0.1, 0.15) is 17.3 Å². The summed E-state index contributed by atoms with van der Waals surface area (Å²) in [7, 11) is 0. The number of ether oxygens (including phenoxy) is 2. The Labute approximate surface area is 162 Å². The van der Waals surface area contributed by atoms with Crippen molar-refractivity contribution in [2.24, 2.45) is 0 Å². The average molecular weight is 375 g/mol. The topological polar surface area (TPSA) is 35.5 Å². The van der Waals surface area contributed by atoms with E-state index in [4.69, 9.17) is 21.1 Å². The summed E-state index contributed by atoms with van der Waals surface area (Å²) in [4.78, 5) is 12.1. The summed E-state index contributed by atoms with van der Waals surface area (Å²) in [6.45, 7) is 0. The molecule has 0 amide bonds. The minimum absolute atomic E-state index is 0.371. The van der Waals surface area contributed by atoms with Crippen molar-refractivity contribution in [1.82, 2.24) is 0 Å². The summed E-state index contributed by atoms with van der Waals surface area (Å²) in [5, 5.41) is 0.653. The monoisotopic (exact) mass is 374 g/mol. The Balaban J connectivity index is 1.53. The van der Waals surface area contributed by atoms with Crippen LogP contribution in [0.15, 0.2) is 90.5 Å². The molecule has 132 valence electrons. The molecule has 3 nitrogen and oxygen atoms in total. The number of rotatable bonds is 4. The molecule has 4 rings (SSSR count). The first-order valence-corrected chi connectivity index (χ1v) is 8.80. The molecule has 0 bridgehead atoms. The van der Waals surface area contributed by atoms with Gasteiger partial charge < -0.3 is 9.47 Å². The quantitative estimate of drug-likeness (QED) is 0.408. The molecule has 0 unspecified atom stereocenters. The molecule has 3 aromatic rings. The molecule has 0 saturated heterocycles. The van der Waals surface area contributed by atoms with Gasteiger partial charge in [0, 0.05) is 10.6 Å². The number of carbonyl (C=O) groups excluding carboxylic acids is 1. The minimum Gasteiger partial charge on any atom is -0.457 e. The normalized spacial score (nSPS) is 14.8. The highest BCUT2D eigenvalue weighted by atomic mass is 35.5. The fourth-order valence-corrected chi connectivity index (χ4v) is 2.81. The first-order valence-electron chi connectivity index (χ1n) is 8.42. The third kappa shape index (κ3) is 4.10. The standard InChI is InChI=1S/C23H15ClO3/c24-19-10-6-16(7-11-19)14-18-15-22(27-23(18)25)17-8-12-21(13-9-17)26-20-4-2-1-3-5-20/h1-15H. The summed E-state index contributed by atoms with van der Waals surface area (Å²) in [6, 6.07) is 24.2. The molecule has 0 aromatic heterocycles. The zero-order valence-corrected chi connectivity index (χ0v) is 15.0. The van der Waals surface area contributed by atoms with E-state index in [-0.39, 0.29) is 5.97 Å². The van der Waals surface area contributed by atoms with E-state index >= 15 is 0 Å². The Bertz CT molecular complexity index is 1020. The van der Waals surface area contributed by atoms with E-state index < -0.39 is 0 Å². The van der Waals surface area contributed by atoms with E-state index in [1.807, 2.05) is 66.7 Å². The third-order valence-corrected chi connectivity index (χ3v) is 4.29.